The fraction of sp³-hybridized carbons (Fsp3) is 0.545. The number of rotatable bonds is 7. The van der Waals surface area contributed by atoms with Crippen molar-refractivity contribution < 1.29 is 23.9 Å². The first-order chi connectivity index (χ1) is 14.4. The van der Waals surface area contributed by atoms with Crippen molar-refractivity contribution in [2.24, 2.45) is 0 Å². The number of likely N-dealkylation sites (N-methyl/N-ethyl adjacent to an activating group) is 1. The summed E-state index contributed by atoms with van der Waals surface area (Å²) in [5, 5.41) is 2.65. The number of urea groups is 1. The summed E-state index contributed by atoms with van der Waals surface area (Å²) >= 11 is 0. The number of benzene rings is 1. The molecule has 1 N–H and O–H groups in total. The molecule has 3 rings (SSSR count). The number of hydrogen-bond acceptors (Lipinski definition) is 5. The van der Waals surface area contributed by atoms with Crippen LogP contribution in [0.15, 0.2) is 30.3 Å². The molecule has 162 valence electrons. The van der Waals surface area contributed by atoms with Crippen LogP contribution in [-0.2, 0) is 25.5 Å². The van der Waals surface area contributed by atoms with Crippen molar-refractivity contribution in [1.82, 2.24) is 15.1 Å². The Morgan fingerprint density at radius 3 is 2.43 bits per heavy atom. The summed E-state index contributed by atoms with van der Waals surface area (Å²) < 4.78 is 5.09. The van der Waals surface area contributed by atoms with Crippen LogP contribution in [0, 0.1) is 0 Å². The molecule has 2 aliphatic rings. The molecule has 2 fully saturated rings. The lowest BCUT2D eigenvalue weighted by Crippen LogP contribution is -2.50. The van der Waals surface area contributed by atoms with Crippen LogP contribution in [0.3, 0.4) is 0 Å². The maximum atomic E-state index is 13.0. The maximum absolute atomic E-state index is 13.0. The molecule has 8 heteroatoms. The molecule has 1 aromatic carbocycles. The average Bonchev–Trinajstić information content (AvgIpc) is 2.91. The molecule has 0 aromatic heterocycles. The molecule has 30 heavy (non-hydrogen) atoms. The van der Waals surface area contributed by atoms with Gasteiger partial charge in [0.05, 0.1) is 6.61 Å². The fourth-order valence-corrected chi connectivity index (χ4v) is 4.34. The maximum Gasteiger partial charge on any atom is 0.328 e. The quantitative estimate of drug-likeness (QED) is 0.542. The zero-order valence-electron chi connectivity index (χ0n) is 17.6. The first kappa shape index (κ1) is 21.8. The standard InChI is InChI=1S/C22H29N3O5/c1-3-30-19(27)17(14-16-10-6-4-7-11-16)23-18(26)15-25-20(28)22(24(2)21(25)29)12-8-5-9-13-22/h4,6-7,10-11,17H,3,5,8-9,12-15H2,1-2H3,(H,23,26). The number of hydrogen-bond donors (Lipinski definition) is 1. The van der Waals surface area contributed by atoms with E-state index in [0.29, 0.717) is 12.8 Å². The third-order valence-electron chi connectivity index (χ3n) is 5.97. The minimum atomic E-state index is -0.894. The normalized spacial score (nSPS) is 19.1. The minimum absolute atomic E-state index is 0.191. The van der Waals surface area contributed by atoms with E-state index in [1.165, 1.54) is 4.90 Å². The van der Waals surface area contributed by atoms with Gasteiger partial charge in [-0.3, -0.25) is 14.5 Å². The predicted molar refractivity (Wildman–Crippen MR) is 109 cm³/mol. The van der Waals surface area contributed by atoms with Crippen molar-refractivity contribution >= 4 is 23.8 Å². The van der Waals surface area contributed by atoms with Crippen molar-refractivity contribution in [3.63, 3.8) is 0 Å². The lowest BCUT2D eigenvalue weighted by atomic mass is 9.81. The predicted octanol–water partition coefficient (Wildman–Crippen LogP) is 1.87. The summed E-state index contributed by atoms with van der Waals surface area (Å²) in [7, 11) is 1.63. The molecule has 1 heterocycles. The number of nitrogens with zero attached hydrogens (tertiary/aromatic N) is 2. The summed E-state index contributed by atoms with van der Waals surface area (Å²) in [6, 6.07) is 7.91. The van der Waals surface area contributed by atoms with Gasteiger partial charge in [-0.1, -0.05) is 49.6 Å². The third kappa shape index (κ3) is 4.32. The second-order valence-corrected chi connectivity index (χ2v) is 7.89. The van der Waals surface area contributed by atoms with Gasteiger partial charge in [0.2, 0.25) is 5.91 Å². The van der Waals surface area contributed by atoms with Gasteiger partial charge in [0.15, 0.2) is 0 Å². The first-order valence-corrected chi connectivity index (χ1v) is 10.5. The van der Waals surface area contributed by atoms with Gasteiger partial charge in [0.1, 0.15) is 18.1 Å². The molecule has 0 radical (unpaired) electrons. The van der Waals surface area contributed by atoms with Gasteiger partial charge in [-0.25, -0.2) is 9.59 Å². The molecular formula is C22H29N3O5. The van der Waals surface area contributed by atoms with Crippen LogP contribution in [-0.4, -0.2) is 65.4 Å². The van der Waals surface area contributed by atoms with Crippen LogP contribution in [0.2, 0.25) is 0 Å². The second-order valence-electron chi connectivity index (χ2n) is 7.89. The largest absolute Gasteiger partial charge is 0.464 e. The van der Waals surface area contributed by atoms with Crippen LogP contribution < -0.4 is 5.32 Å². The third-order valence-corrected chi connectivity index (χ3v) is 5.97. The van der Waals surface area contributed by atoms with Gasteiger partial charge in [0, 0.05) is 13.5 Å². The van der Waals surface area contributed by atoms with E-state index in [9.17, 15) is 19.2 Å². The van der Waals surface area contributed by atoms with E-state index in [2.05, 4.69) is 5.32 Å². The highest BCUT2D eigenvalue weighted by atomic mass is 16.5. The van der Waals surface area contributed by atoms with Crippen molar-refractivity contribution in [2.45, 2.75) is 57.0 Å². The average molecular weight is 415 g/mol. The van der Waals surface area contributed by atoms with E-state index < -0.39 is 36.0 Å². The molecule has 1 aromatic rings. The zero-order valence-corrected chi connectivity index (χ0v) is 17.6. The number of ether oxygens (including phenoxy) is 1. The molecule has 1 aliphatic heterocycles. The van der Waals surface area contributed by atoms with E-state index >= 15 is 0 Å². The van der Waals surface area contributed by atoms with E-state index in [0.717, 1.165) is 29.7 Å². The monoisotopic (exact) mass is 415 g/mol. The first-order valence-electron chi connectivity index (χ1n) is 10.5. The van der Waals surface area contributed by atoms with E-state index in [1.54, 1.807) is 14.0 Å². The topological polar surface area (TPSA) is 96.0 Å². The van der Waals surface area contributed by atoms with Gasteiger partial charge < -0.3 is 15.0 Å². The lowest BCUT2D eigenvalue weighted by molar-refractivity contribution is -0.147. The fourth-order valence-electron chi connectivity index (χ4n) is 4.34. The molecule has 1 aliphatic carbocycles. The Morgan fingerprint density at radius 2 is 1.80 bits per heavy atom. The SMILES string of the molecule is CCOC(=O)C(Cc1ccccc1)NC(=O)CN1C(=O)N(C)C2(CCCCC2)C1=O. The highest BCUT2D eigenvalue weighted by Crippen LogP contribution is 2.39. The van der Waals surface area contributed by atoms with Crippen molar-refractivity contribution in [3.8, 4) is 0 Å². The van der Waals surface area contributed by atoms with Crippen LogP contribution in [0.4, 0.5) is 4.79 Å². The molecule has 0 bridgehead atoms. The van der Waals surface area contributed by atoms with Gasteiger partial charge in [-0.15, -0.1) is 0 Å². The minimum Gasteiger partial charge on any atom is -0.464 e. The summed E-state index contributed by atoms with van der Waals surface area (Å²) in [5.41, 5.74) is 0.0327. The summed E-state index contributed by atoms with van der Waals surface area (Å²) in [5.74, 6) is -1.43. The van der Waals surface area contributed by atoms with Gasteiger partial charge in [-0.05, 0) is 25.3 Å². The van der Waals surface area contributed by atoms with Crippen LogP contribution in [0.25, 0.3) is 0 Å². The van der Waals surface area contributed by atoms with Crippen LogP contribution >= 0.6 is 0 Å². The molecule has 1 spiro atoms. The Labute approximate surface area is 176 Å². The Morgan fingerprint density at radius 1 is 1.13 bits per heavy atom. The summed E-state index contributed by atoms with van der Waals surface area (Å²) in [4.78, 5) is 53.3. The highest BCUT2D eigenvalue weighted by molar-refractivity contribution is 6.09. The molecule has 1 saturated carbocycles. The smallest absolute Gasteiger partial charge is 0.328 e. The van der Waals surface area contributed by atoms with E-state index in [4.69, 9.17) is 4.74 Å². The molecule has 1 saturated heterocycles. The number of esters is 1. The lowest BCUT2D eigenvalue weighted by Gasteiger charge is -2.35. The van der Waals surface area contributed by atoms with Gasteiger partial charge >= 0.3 is 12.0 Å². The Bertz CT molecular complexity index is 804. The van der Waals surface area contributed by atoms with E-state index in [-0.39, 0.29) is 18.9 Å². The Hall–Kier alpha value is -2.90. The molecule has 4 amide bonds. The highest BCUT2D eigenvalue weighted by Gasteiger charge is 2.55. The molecule has 8 nitrogen and oxygen atoms in total. The van der Waals surface area contributed by atoms with Gasteiger partial charge in [-0.2, -0.15) is 0 Å². The van der Waals surface area contributed by atoms with Crippen molar-refractivity contribution in [3.05, 3.63) is 35.9 Å². The van der Waals surface area contributed by atoms with Crippen molar-refractivity contribution in [1.29, 1.82) is 0 Å². The molecular weight excluding hydrogens is 386 g/mol. The Kier molecular flexibility index (Phi) is 6.74. The molecule has 1 atom stereocenters. The van der Waals surface area contributed by atoms with Crippen molar-refractivity contribution in [2.75, 3.05) is 20.2 Å². The molecule has 1 unspecified atom stereocenters. The number of carbonyl (C=O) groups excluding carboxylic acids is 4. The number of imide groups is 1. The zero-order chi connectivity index (χ0) is 21.7. The van der Waals surface area contributed by atoms with Crippen LogP contribution in [0.1, 0.15) is 44.6 Å². The second kappa shape index (κ2) is 9.28. The van der Waals surface area contributed by atoms with Gasteiger partial charge in [0.25, 0.3) is 5.91 Å². The number of amides is 4. The van der Waals surface area contributed by atoms with Crippen LogP contribution in [0.5, 0.6) is 0 Å². The number of nitrogens with one attached hydrogen (secondary N) is 1. The Balaban J connectivity index is 1.69. The van der Waals surface area contributed by atoms with E-state index in [1.807, 2.05) is 30.3 Å². The summed E-state index contributed by atoms with van der Waals surface area (Å²) in [6.45, 7) is 1.48. The summed E-state index contributed by atoms with van der Waals surface area (Å²) in [6.07, 6.45) is 4.30. The number of carbonyl (C=O) groups is 4.